The molecule has 0 aliphatic rings. The van der Waals surface area contributed by atoms with Gasteiger partial charge in [0.25, 0.3) is 11.6 Å². The third-order valence-electron chi connectivity index (χ3n) is 4.35. The molecule has 0 bridgehead atoms. The molecule has 30 heavy (non-hydrogen) atoms. The van der Waals surface area contributed by atoms with Crippen molar-refractivity contribution in [3.8, 4) is 10.7 Å². The molecular formula is C19H13F2N5O3S. The van der Waals surface area contributed by atoms with Crippen LogP contribution in [-0.4, -0.2) is 25.4 Å². The summed E-state index contributed by atoms with van der Waals surface area (Å²) in [4.78, 5) is 31.6. The molecule has 11 heteroatoms. The molecule has 2 aromatic carbocycles. The molecule has 0 unspecified atom stereocenters. The van der Waals surface area contributed by atoms with Gasteiger partial charge in [0, 0.05) is 17.7 Å². The molecule has 0 aliphatic heterocycles. The van der Waals surface area contributed by atoms with Gasteiger partial charge in [-0.15, -0.1) is 0 Å². The maximum absolute atomic E-state index is 13.7. The highest BCUT2D eigenvalue weighted by Gasteiger charge is 2.23. The standard InChI is InChI=1S/C19H13F2N5O3S/c1-10-15(16-23-13-4-2-3-5-14(13)25(16)18(20)21)30-19(22-10)24-17(27)11-6-8-12(9-7-11)26(28)29/h2-9,18H,1H3,(H,22,24,27). The fourth-order valence-electron chi connectivity index (χ4n) is 2.96. The van der Waals surface area contributed by atoms with E-state index >= 15 is 0 Å². The zero-order valence-electron chi connectivity index (χ0n) is 15.4. The molecule has 0 spiro atoms. The number of aromatic nitrogens is 3. The second-order valence-electron chi connectivity index (χ2n) is 6.26. The molecule has 0 radical (unpaired) electrons. The van der Waals surface area contributed by atoms with Crippen molar-refractivity contribution in [2.75, 3.05) is 5.32 Å². The number of carbonyl (C=O) groups excluding carboxylic acids is 1. The number of amides is 1. The SMILES string of the molecule is Cc1nc(NC(=O)c2ccc([N+](=O)[O-])cc2)sc1-c1nc2ccccc2n1C(F)F. The summed E-state index contributed by atoms with van der Waals surface area (Å²) in [5.41, 5.74) is 1.24. The predicted molar refractivity (Wildman–Crippen MR) is 108 cm³/mol. The Hall–Kier alpha value is -3.73. The fraction of sp³-hybridized carbons (Fsp3) is 0.105. The summed E-state index contributed by atoms with van der Waals surface area (Å²) in [6, 6.07) is 11.7. The largest absolute Gasteiger partial charge is 0.320 e. The maximum Gasteiger partial charge on any atom is 0.320 e. The van der Waals surface area contributed by atoms with Gasteiger partial charge in [-0.1, -0.05) is 23.5 Å². The van der Waals surface area contributed by atoms with Crippen molar-refractivity contribution >= 4 is 39.1 Å². The molecule has 0 atom stereocenters. The van der Waals surface area contributed by atoms with Gasteiger partial charge in [-0.3, -0.25) is 24.8 Å². The summed E-state index contributed by atoms with van der Waals surface area (Å²) >= 11 is 1.02. The number of alkyl halides is 2. The van der Waals surface area contributed by atoms with Crippen molar-refractivity contribution in [2.24, 2.45) is 0 Å². The van der Waals surface area contributed by atoms with Crippen LogP contribution in [0.3, 0.4) is 0 Å². The quantitative estimate of drug-likeness (QED) is 0.354. The highest BCUT2D eigenvalue weighted by Crippen LogP contribution is 2.36. The van der Waals surface area contributed by atoms with Gasteiger partial charge in [-0.05, 0) is 31.2 Å². The Bertz CT molecular complexity index is 1270. The van der Waals surface area contributed by atoms with Gasteiger partial charge in [0.05, 0.1) is 26.5 Å². The molecule has 152 valence electrons. The Balaban J connectivity index is 1.66. The molecule has 0 fully saturated rings. The van der Waals surface area contributed by atoms with Crippen LogP contribution in [-0.2, 0) is 0 Å². The number of halogens is 2. The lowest BCUT2D eigenvalue weighted by Crippen LogP contribution is -2.11. The second-order valence-corrected chi connectivity index (χ2v) is 7.26. The number of anilines is 1. The van der Waals surface area contributed by atoms with Crippen molar-refractivity contribution in [1.29, 1.82) is 0 Å². The second kappa shape index (κ2) is 7.59. The highest BCUT2D eigenvalue weighted by molar-refractivity contribution is 7.19. The number of para-hydroxylation sites is 2. The Kier molecular flexibility index (Phi) is 4.96. The van der Waals surface area contributed by atoms with Gasteiger partial charge in [0.2, 0.25) is 0 Å². The first-order valence-electron chi connectivity index (χ1n) is 8.64. The predicted octanol–water partition coefficient (Wildman–Crippen LogP) is 5.02. The van der Waals surface area contributed by atoms with E-state index in [2.05, 4.69) is 15.3 Å². The molecule has 2 aromatic heterocycles. The summed E-state index contributed by atoms with van der Waals surface area (Å²) < 4.78 is 28.3. The van der Waals surface area contributed by atoms with Crippen LogP contribution in [0.25, 0.3) is 21.7 Å². The summed E-state index contributed by atoms with van der Waals surface area (Å²) in [6.07, 6.45) is 0. The van der Waals surface area contributed by atoms with Gasteiger partial charge in [0.15, 0.2) is 11.0 Å². The van der Waals surface area contributed by atoms with Crippen molar-refractivity contribution in [3.05, 3.63) is 69.9 Å². The topological polar surface area (TPSA) is 103 Å². The molecule has 0 saturated carbocycles. The number of imidazole rings is 1. The Morgan fingerprint density at radius 1 is 1.17 bits per heavy atom. The van der Waals surface area contributed by atoms with Gasteiger partial charge in [-0.25, -0.2) is 9.97 Å². The van der Waals surface area contributed by atoms with Gasteiger partial charge < -0.3 is 0 Å². The number of non-ortho nitro benzene ring substituents is 1. The van der Waals surface area contributed by atoms with Crippen LogP contribution in [0.1, 0.15) is 22.6 Å². The minimum atomic E-state index is -2.80. The van der Waals surface area contributed by atoms with Crippen LogP contribution in [0.5, 0.6) is 0 Å². The monoisotopic (exact) mass is 429 g/mol. The number of nitrogens with one attached hydrogen (secondary N) is 1. The van der Waals surface area contributed by atoms with E-state index in [1.54, 1.807) is 31.2 Å². The third-order valence-corrected chi connectivity index (χ3v) is 5.42. The van der Waals surface area contributed by atoms with Crippen molar-refractivity contribution < 1.29 is 18.5 Å². The van der Waals surface area contributed by atoms with E-state index in [9.17, 15) is 23.7 Å². The molecule has 2 heterocycles. The first-order chi connectivity index (χ1) is 14.3. The summed E-state index contributed by atoms with van der Waals surface area (Å²) in [7, 11) is 0. The molecular weight excluding hydrogens is 416 g/mol. The number of nitro groups is 1. The van der Waals surface area contributed by atoms with E-state index in [-0.39, 0.29) is 22.2 Å². The number of nitrogens with zero attached hydrogens (tertiary/aromatic N) is 4. The van der Waals surface area contributed by atoms with Crippen LogP contribution in [0.4, 0.5) is 19.6 Å². The lowest BCUT2D eigenvalue weighted by atomic mass is 10.2. The lowest BCUT2D eigenvalue weighted by molar-refractivity contribution is -0.384. The molecule has 4 rings (SSSR count). The van der Waals surface area contributed by atoms with E-state index in [1.165, 1.54) is 24.3 Å². The average Bonchev–Trinajstić information content (AvgIpc) is 3.27. The van der Waals surface area contributed by atoms with Crippen LogP contribution >= 0.6 is 11.3 Å². The number of nitro benzene ring substituents is 1. The summed E-state index contributed by atoms with van der Waals surface area (Å²) in [5, 5.41) is 13.5. The lowest BCUT2D eigenvalue weighted by Gasteiger charge is -2.06. The first kappa shape index (κ1) is 19.6. The molecule has 1 amide bonds. The summed E-state index contributed by atoms with van der Waals surface area (Å²) in [5.74, 6) is -0.454. The van der Waals surface area contributed by atoms with E-state index < -0.39 is 17.4 Å². The minimum absolute atomic E-state index is 0.0667. The molecule has 4 aromatic rings. The van der Waals surface area contributed by atoms with E-state index in [4.69, 9.17) is 0 Å². The zero-order valence-corrected chi connectivity index (χ0v) is 16.2. The van der Waals surface area contributed by atoms with Crippen molar-refractivity contribution in [1.82, 2.24) is 14.5 Å². The van der Waals surface area contributed by atoms with Crippen molar-refractivity contribution in [3.63, 3.8) is 0 Å². The van der Waals surface area contributed by atoms with Gasteiger partial charge in [0.1, 0.15) is 0 Å². The smallest absolute Gasteiger partial charge is 0.298 e. The van der Waals surface area contributed by atoms with E-state index in [0.29, 0.717) is 21.6 Å². The Labute approximate surface area is 172 Å². The number of rotatable bonds is 5. The molecule has 8 nitrogen and oxygen atoms in total. The zero-order chi connectivity index (χ0) is 21.4. The normalized spacial score (nSPS) is 11.2. The number of benzene rings is 2. The van der Waals surface area contributed by atoms with E-state index in [1.807, 2.05) is 0 Å². The maximum atomic E-state index is 13.7. The fourth-order valence-corrected chi connectivity index (χ4v) is 3.91. The number of carbonyl (C=O) groups is 1. The summed E-state index contributed by atoms with van der Waals surface area (Å²) in [6.45, 7) is -1.16. The number of aryl methyl sites for hydroxylation is 1. The first-order valence-corrected chi connectivity index (χ1v) is 9.45. The highest BCUT2D eigenvalue weighted by atomic mass is 32.1. The number of hydrogen-bond acceptors (Lipinski definition) is 6. The van der Waals surface area contributed by atoms with Crippen molar-refractivity contribution in [2.45, 2.75) is 13.5 Å². The molecule has 1 N–H and O–H groups in total. The third kappa shape index (κ3) is 3.50. The Morgan fingerprint density at radius 2 is 1.87 bits per heavy atom. The van der Waals surface area contributed by atoms with Crippen LogP contribution in [0.2, 0.25) is 0 Å². The number of hydrogen-bond donors (Lipinski definition) is 1. The van der Waals surface area contributed by atoms with Crippen LogP contribution in [0, 0.1) is 17.0 Å². The van der Waals surface area contributed by atoms with E-state index in [0.717, 1.165) is 15.9 Å². The minimum Gasteiger partial charge on any atom is -0.298 e. The van der Waals surface area contributed by atoms with Gasteiger partial charge >= 0.3 is 6.55 Å². The molecule has 0 aliphatic carbocycles. The number of thiazole rings is 1. The average molecular weight is 429 g/mol. The van der Waals surface area contributed by atoms with Crippen LogP contribution < -0.4 is 5.32 Å². The molecule has 0 saturated heterocycles. The van der Waals surface area contributed by atoms with Gasteiger partial charge in [-0.2, -0.15) is 8.78 Å². The number of fused-ring (bicyclic) bond motifs is 1. The Morgan fingerprint density at radius 3 is 2.53 bits per heavy atom. The van der Waals surface area contributed by atoms with Crippen LogP contribution in [0.15, 0.2) is 48.5 Å².